The number of rotatable bonds is 10. The number of aryl methyl sites for hydroxylation is 1. The van der Waals surface area contributed by atoms with Gasteiger partial charge in [-0.3, -0.25) is 9.59 Å². The van der Waals surface area contributed by atoms with Gasteiger partial charge in [0.1, 0.15) is 0 Å². The summed E-state index contributed by atoms with van der Waals surface area (Å²) in [7, 11) is 0.993. The van der Waals surface area contributed by atoms with Crippen molar-refractivity contribution in [3.8, 4) is 0 Å². The molecule has 2 amide bonds. The van der Waals surface area contributed by atoms with Gasteiger partial charge in [-0.05, 0) is 55.3 Å². The second-order valence-corrected chi connectivity index (χ2v) is 13.2. The number of anilines is 1. The van der Waals surface area contributed by atoms with Gasteiger partial charge in [0.2, 0.25) is 5.91 Å². The zero-order valence-corrected chi connectivity index (χ0v) is 23.6. The molecule has 0 saturated carbocycles. The number of carbonyl (C=O) groups excluding carboxylic acids is 2. The smallest absolute Gasteiger partial charge is 0.303 e. The highest BCUT2D eigenvalue weighted by molar-refractivity contribution is 7.87. The van der Waals surface area contributed by atoms with E-state index < -0.39 is 16.1 Å². The third kappa shape index (κ3) is 6.39. The van der Waals surface area contributed by atoms with Crippen molar-refractivity contribution in [1.82, 2.24) is 18.8 Å². The molecule has 1 aromatic rings. The number of likely N-dealkylation sites (N-methyl/N-ethyl adjacent to an activating group) is 1. The third-order valence-electron chi connectivity index (χ3n) is 7.96. The van der Waals surface area contributed by atoms with Crippen molar-refractivity contribution in [2.75, 3.05) is 46.1 Å². The highest BCUT2D eigenvalue weighted by Gasteiger charge is 2.42. The molecule has 2 aliphatic heterocycles. The minimum atomic E-state index is -3.87. The lowest BCUT2D eigenvalue weighted by atomic mass is 9.77. The van der Waals surface area contributed by atoms with E-state index >= 15 is 0 Å². The van der Waals surface area contributed by atoms with Gasteiger partial charge in [0.15, 0.2) is 0 Å². The van der Waals surface area contributed by atoms with Crippen LogP contribution in [0, 0.1) is 11.3 Å². The van der Waals surface area contributed by atoms with Crippen LogP contribution in [0.1, 0.15) is 62.9 Å². The summed E-state index contributed by atoms with van der Waals surface area (Å²) in [6.07, 6.45) is 3.47. The van der Waals surface area contributed by atoms with Crippen LogP contribution in [-0.4, -0.2) is 87.2 Å². The van der Waals surface area contributed by atoms with E-state index in [1.54, 1.807) is 12.1 Å². The highest BCUT2D eigenvalue weighted by Crippen LogP contribution is 2.35. The van der Waals surface area contributed by atoms with E-state index in [1.807, 2.05) is 13.0 Å². The van der Waals surface area contributed by atoms with Crippen LogP contribution in [0.25, 0.3) is 0 Å². The number of fused-ring (bicyclic) bond motifs is 2. The Labute approximate surface area is 216 Å². The lowest BCUT2D eigenvalue weighted by molar-refractivity contribution is -0.138. The summed E-state index contributed by atoms with van der Waals surface area (Å²) < 4.78 is 27.2. The summed E-state index contributed by atoms with van der Waals surface area (Å²) in [5.74, 6) is -0.265. The molecular weight excluding hydrogens is 478 g/mol. The Morgan fingerprint density at radius 2 is 1.78 bits per heavy atom. The summed E-state index contributed by atoms with van der Waals surface area (Å²) in [6, 6.07) is 5.87. The summed E-state index contributed by atoms with van der Waals surface area (Å²) in [5, 5.41) is 3.48. The number of likely N-dealkylation sites (tertiary alicyclic amines) is 1. The van der Waals surface area contributed by atoms with Crippen LogP contribution in [0.15, 0.2) is 18.2 Å². The van der Waals surface area contributed by atoms with Crippen molar-refractivity contribution in [3.05, 3.63) is 29.3 Å². The number of hydrogen-bond donors (Lipinski definition) is 2. The molecule has 36 heavy (non-hydrogen) atoms. The molecule has 2 bridgehead atoms. The van der Waals surface area contributed by atoms with Gasteiger partial charge in [-0.1, -0.05) is 33.8 Å². The predicted octanol–water partition coefficient (Wildman–Crippen LogP) is 2.55. The SMILES string of the molecule is CCc1ccc(C(=O)NS(=O)(=O)N(C)C)cc1NCC(C)(C)[C@@H](C)CC(=O)N1C2CCC1CN(C)C2. The number of nitrogens with one attached hydrogen (secondary N) is 2. The van der Waals surface area contributed by atoms with E-state index in [9.17, 15) is 18.0 Å². The largest absolute Gasteiger partial charge is 0.384 e. The summed E-state index contributed by atoms with van der Waals surface area (Å²) >= 11 is 0. The molecule has 2 N–H and O–H groups in total. The Morgan fingerprint density at radius 1 is 1.17 bits per heavy atom. The van der Waals surface area contributed by atoms with Gasteiger partial charge < -0.3 is 15.1 Å². The summed E-state index contributed by atoms with van der Waals surface area (Å²) in [5.41, 5.74) is 1.93. The maximum Gasteiger partial charge on any atom is 0.303 e. The van der Waals surface area contributed by atoms with Crippen LogP contribution in [0.5, 0.6) is 0 Å². The first-order valence-corrected chi connectivity index (χ1v) is 14.3. The average molecular weight is 522 g/mol. The van der Waals surface area contributed by atoms with Crippen molar-refractivity contribution in [2.45, 2.75) is 65.5 Å². The van der Waals surface area contributed by atoms with Crippen molar-refractivity contribution >= 4 is 27.7 Å². The molecule has 10 heteroatoms. The molecule has 3 atom stereocenters. The van der Waals surface area contributed by atoms with E-state index in [4.69, 9.17) is 0 Å². The van der Waals surface area contributed by atoms with Crippen LogP contribution in [0.2, 0.25) is 0 Å². The van der Waals surface area contributed by atoms with E-state index in [2.05, 4.69) is 47.7 Å². The zero-order valence-electron chi connectivity index (χ0n) is 22.8. The zero-order chi connectivity index (χ0) is 26.8. The Balaban J connectivity index is 1.65. The quantitative estimate of drug-likeness (QED) is 0.491. The van der Waals surface area contributed by atoms with Gasteiger partial charge in [0.25, 0.3) is 5.91 Å². The monoisotopic (exact) mass is 521 g/mol. The standard InChI is InChI=1S/C26H43N5O4S/c1-8-19-9-10-20(25(33)28-36(34,35)29(5)6)14-23(19)27-17-26(3,4)18(2)13-24(32)31-21-11-12-22(31)16-30(7)15-21/h9-10,14,18,21-22,27H,8,11-13,15-17H2,1-7H3,(H,28,33)/t18-,21?,22?/m0/s1. The maximum atomic E-state index is 13.3. The predicted molar refractivity (Wildman–Crippen MR) is 143 cm³/mol. The van der Waals surface area contributed by atoms with Crippen molar-refractivity contribution in [3.63, 3.8) is 0 Å². The lowest BCUT2D eigenvalue weighted by Gasteiger charge is -2.41. The average Bonchev–Trinajstić information content (AvgIpc) is 3.08. The number of piperazine rings is 1. The lowest BCUT2D eigenvalue weighted by Crippen LogP contribution is -2.55. The molecular formula is C26H43N5O4S. The van der Waals surface area contributed by atoms with Gasteiger partial charge >= 0.3 is 10.2 Å². The maximum absolute atomic E-state index is 13.3. The minimum Gasteiger partial charge on any atom is -0.384 e. The van der Waals surface area contributed by atoms with Crippen LogP contribution in [-0.2, 0) is 21.4 Å². The molecule has 2 fully saturated rings. The van der Waals surface area contributed by atoms with Crippen molar-refractivity contribution in [1.29, 1.82) is 0 Å². The Hall–Kier alpha value is -2.17. The normalized spacial score (nSPS) is 21.5. The second-order valence-electron chi connectivity index (χ2n) is 11.3. The molecule has 202 valence electrons. The molecule has 2 unspecified atom stereocenters. The molecule has 0 spiro atoms. The molecule has 9 nitrogen and oxygen atoms in total. The number of carbonyl (C=O) groups is 2. The van der Waals surface area contributed by atoms with Crippen molar-refractivity contribution in [2.24, 2.45) is 11.3 Å². The van der Waals surface area contributed by atoms with Gasteiger partial charge in [-0.2, -0.15) is 12.7 Å². The first-order valence-electron chi connectivity index (χ1n) is 12.9. The molecule has 0 aromatic heterocycles. The first kappa shape index (κ1) is 28.4. The Kier molecular flexibility index (Phi) is 8.73. The van der Waals surface area contributed by atoms with Crippen LogP contribution >= 0.6 is 0 Å². The summed E-state index contributed by atoms with van der Waals surface area (Å²) in [4.78, 5) is 30.3. The van der Waals surface area contributed by atoms with Gasteiger partial charge in [0.05, 0.1) is 0 Å². The molecule has 0 aliphatic carbocycles. The molecule has 3 rings (SSSR count). The molecule has 2 heterocycles. The second kappa shape index (κ2) is 11.1. The van der Waals surface area contributed by atoms with Gasteiger partial charge in [-0.25, -0.2) is 4.72 Å². The van der Waals surface area contributed by atoms with Crippen LogP contribution < -0.4 is 10.0 Å². The Morgan fingerprint density at radius 3 is 2.33 bits per heavy atom. The topological polar surface area (TPSA) is 102 Å². The van der Waals surface area contributed by atoms with Crippen LogP contribution in [0.3, 0.4) is 0 Å². The van der Waals surface area contributed by atoms with Crippen molar-refractivity contribution < 1.29 is 18.0 Å². The van der Waals surface area contributed by atoms with E-state index in [1.165, 1.54) is 14.1 Å². The fraction of sp³-hybridized carbons (Fsp3) is 0.692. The third-order valence-corrected chi connectivity index (χ3v) is 9.36. The van der Waals surface area contributed by atoms with Gasteiger partial charge in [0, 0.05) is 63.5 Å². The molecule has 0 radical (unpaired) electrons. The van der Waals surface area contributed by atoms with E-state index in [0.717, 1.165) is 47.9 Å². The van der Waals surface area contributed by atoms with Gasteiger partial charge in [-0.15, -0.1) is 0 Å². The van der Waals surface area contributed by atoms with Crippen LogP contribution in [0.4, 0.5) is 5.69 Å². The number of hydrogen-bond acceptors (Lipinski definition) is 6. The highest BCUT2D eigenvalue weighted by atomic mass is 32.2. The number of nitrogens with zero attached hydrogens (tertiary/aromatic N) is 3. The number of amides is 2. The van der Waals surface area contributed by atoms with E-state index in [0.29, 0.717) is 25.0 Å². The fourth-order valence-electron chi connectivity index (χ4n) is 5.12. The molecule has 2 saturated heterocycles. The first-order chi connectivity index (χ1) is 16.7. The Bertz CT molecular complexity index is 1060. The molecule has 1 aromatic carbocycles. The molecule has 2 aliphatic rings. The number of benzene rings is 1. The fourth-order valence-corrected chi connectivity index (χ4v) is 5.65. The van der Waals surface area contributed by atoms with E-state index in [-0.39, 0.29) is 22.8 Å². The summed E-state index contributed by atoms with van der Waals surface area (Å²) in [6.45, 7) is 11.0. The minimum absolute atomic E-state index is 0.151.